The number of carbonyl (C=O) groups is 2. The van der Waals surface area contributed by atoms with Crippen LogP contribution in [0.25, 0.3) is 17.2 Å². The Morgan fingerprint density at radius 3 is 2.32 bits per heavy atom. The number of thioether (sulfide) groups is 1. The summed E-state index contributed by atoms with van der Waals surface area (Å²) in [5.74, 6) is -1.30. The number of rotatable bonds is 11. The molecule has 0 saturated carbocycles. The summed E-state index contributed by atoms with van der Waals surface area (Å²) in [7, 11) is 0. The topological polar surface area (TPSA) is 91.3 Å². The van der Waals surface area contributed by atoms with Crippen molar-refractivity contribution in [3.63, 3.8) is 0 Å². The van der Waals surface area contributed by atoms with Gasteiger partial charge in [-0.2, -0.15) is 26.3 Å². The van der Waals surface area contributed by atoms with E-state index in [9.17, 15) is 35.9 Å². The molecule has 2 heterocycles. The molecule has 0 unspecified atom stereocenters. The first kappa shape index (κ1) is 33.7. The number of hydrazine groups is 1. The van der Waals surface area contributed by atoms with Gasteiger partial charge in [-0.05, 0) is 54.0 Å². The quantitative estimate of drug-likeness (QED) is 0.137. The lowest BCUT2D eigenvalue weighted by Gasteiger charge is -2.26. The van der Waals surface area contributed by atoms with Gasteiger partial charge >= 0.3 is 18.3 Å². The number of alkyl halides is 6. The van der Waals surface area contributed by atoms with Gasteiger partial charge in [0.05, 0.1) is 29.2 Å². The molecular formula is C28H27F6N3O5S2. The summed E-state index contributed by atoms with van der Waals surface area (Å²) in [6.07, 6.45) is -8.53. The van der Waals surface area contributed by atoms with Crippen LogP contribution in [0.3, 0.4) is 0 Å². The van der Waals surface area contributed by atoms with Gasteiger partial charge in [0.1, 0.15) is 12.4 Å². The maximum absolute atomic E-state index is 13.5. The second kappa shape index (κ2) is 14.3. The molecule has 0 atom stereocenters. The summed E-state index contributed by atoms with van der Waals surface area (Å²) in [5, 5.41) is 9.90. The predicted octanol–water partition coefficient (Wildman–Crippen LogP) is 5.67. The lowest BCUT2D eigenvalue weighted by Crippen LogP contribution is -2.41. The van der Waals surface area contributed by atoms with Crippen LogP contribution >= 0.6 is 24.0 Å². The first-order valence-corrected chi connectivity index (χ1v) is 14.5. The van der Waals surface area contributed by atoms with E-state index in [-0.39, 0.29) is 63.7 Å². The highest BCUT2D eigenvalue weighted by molar-refractivity contribution is 8.26. The van der Waals surface area contributed by atoms with Gasteiger partial charge in [0.15, 0.2) is 4.32 Å². The lowest BCUT2D eigenvalue weighted by molar-refractivity contribution is -0.143. The van der Waals surface area contributed by atoms with Gasteiger partial charge < -0.3 is 14.6 Å². The number of carboxylic acid groups (broad SMARTS) is 1. The maximum atomic E-state index is 13.5. The van der Waals surface area contributed by atoms with E-state index in [0.29, 0.717) is 45.0 Å². The number of morpholine rings is 1. The molecule has 2 N–H and O–H groups in total. The lowest BCUT2D eigenvalue weighted by atomic mass is 9.97. The third-order valence-corrected chi connectivity index (χ3v) is 7.92. The number of carbonyl (C=O) groups excluding carboxylic acids is 1. The fraction of sp³-hybridized carbons (Fsp3) is 0.393. The number of carboxylic acids is 1. The van der Waals surface area contributed by atoms with Crippen LogP contribution in [0.2, 0.25) is 0 Å². The second-order valence-electron chi connectivity index (χ2n) is 9.77. The molecule has 2 aliphatic rings. The first-order valence-electron chi connectivity index (χ1n) is 13.3. The molecule has 238 valence electrons. The van der Waals surface area contributed by atoms with Crippen molar-refractivity contribution >= 4 is 46.3 Å². The van der Waals surface area contributed by atoms with Gasteiger partial charge in [0.25, 0.3) is 5.91 Å². The molecular weight excluding hydrogens is 636 g/mol. The standard InChI is InChI=1S/C28H27F6N3O5S2/c29-27(30,31)20-13-18(14-21(16-20)28(32,33)34)17-3-4-22(42-11-8-36-6-9-41-10-7-36)19(12-17)15-23-25(40)37(26(43)44-23)35-5-1-2-24(38)39/h3-4,12-16,35H,1-2,5-11H2,(H,38,39). The van der Waals surface area contributed by atoms with Crippen LogP contribution in [0.15, 0.2) is 41.3 Å². The van der Waals surface area contributed by atoms with Gasteiger partial charge in [0, 0.05) is 38.2 Å². The summed E-state index contributed by atoms with van der Waals surface area (Å²) >= 11 is 6.20. The van der Waals surface area contributed by atoms with Crippen LogP contribution in [-0.2, 0) is 26.7 Å². The van der Waals surface area contributed by atoms with E-state index in [0.717, 1.165) is 16.8 Å². The van der Waals surface area contributed by atoms with Crippen molar-refractivity contribution in [1.29, 1.82) is 0 Å². The highest BCUT2D eigenvalue weighted by Crippen LogP contribution is 2.40. The Labute approximate surface area is 257 Å². The van der Waals surface area contributed by atoms with Crippen LogP contribution in [0.4, 0.5) is 26.3 Å². The number of nitrogens with one attached hydrogen (secondary N) is 1. The van der Waals surface area contributed by atoms with Crippen molar-refractivity contribution in [2.75, 3.05) is 46.0 Å². The van der Waals surface area contributed by atoms with E-state index in [2.05, 4.69) is 10.3 Å². The number of hydrogen-bond acceptors (Lipinski definition) is 8. The van der Waals surface area contributed by atoms with Crippen molar-refractivity contribution < 1.29 is 50.5 Å². The van der Waals surface area contributed by atoms with Gasteiger partial charge in [-0.15, -0.1) is 0 Å². The van der Waals surface area contributed by atoms with E-state index >= 15 is 0 Å². The summed E-state index contributed by atoms with van der Waals surface area (Å²) in [5.41, 5.74) is -0.185. The average Bonchev–Trinajstić information content (AvgIpc) is 3.22. The van der Waals surface area contributed by atoms with Crippen molar-refractivity contribution in [1.82, 2.24) is 15.3 Å². The van der Waals surface area contributed by atoms with Gasteiger partial charge in [0.2, 0.25) is 0 Å². The van der Waals surface area contributed by atoms with Crippen molar-refractivity contribution in [2.45, 2.75) is 25.2 Å². The molecule has 0 radical (unpaired) electrons. The minimum Gasteiger partial charge on any atom is -0.492 e. The third-order valence-electron chi connectivity index (χ3n) is 6.62. The van der Waals surface area contributed by atoms with Crippen LogP contribution in [-0.4, -0.2) is 77.2 Å². The predicted molar refractivity (Wildman–Crippen MR) is 155 cm³/mol. The molecule has 2 aliphatic heterocycles. The Hall–Kier alpha value is -3.18. The number of benzene rings is 2. The molecule has 0 aromatic heterocycles. The van der Waals surface area contributed by atoms with E-state index in [1.807, 2.05) is 0 Å². The van der Waals surface area contributed by atoms with Gasteiger partial charge in [-0.3, -0.25) is 14.5 Å². The Morgan fingerprint density at radius 2 is 1.70 bits per heavy atom. The molecule has 2 saturated heterocycles. The highest BCUT2D eigenvalue weighted by atomic mass is 32.2. The smallest absolute Gasteiger partial charge is 0.416 e. The molecule has 2 aromatic rings. The number of nitrogens with zero attached hydrogens (tertiary/aromatic N) is 2. The van der Waals surface area contributed by atoms with Crippen molar-refractivity contribution in [3.8, 4) is 16.9 Å². The number of halogens is 6. The van der Waals surface area contributed by atoms with Crippen LogP contribution < -0.4 is 10.2 Å². The zero-order chi connectivity index (χ0) is 32.1. The summed E-state index contributed by atoms with van der Waals surface area (Å²) in [6.45, 7) is 3.45. The van der Waals surface area contributed by atoms with E-state index in [4.69, 9.17) is 26.8 Å². The Morgan fingerprint density at radius 1 is 1.05 bits per heavy atom. The van der Waals surface area contributed by atoms with Crippen LogP contribution in [0.5, 0.6) is 5.75 Å². The Bertz CT molecular complexity index is 1400. The van der Waals surface area contributed by atoms with Crippen LogP contribution in [0.1, 0.15) is 29.5 Å². The van der Waals surface area contributed by atoms with E-state index in [1.54, 1.807) is 0 Å². The van der Waals surface area contributed by atoms with Crippen molar-refractivity contribution in [2.24, 2.45) is 0 Å². The second-order valence-corrected chi connectivity index (χ2v) is 11.4. The number of amides is 1. The number of hydrogen-bond donors (Lipinski definition) is 2. The highest BCUT2D eigenvalue weighted by Gasteiger charge is 2.37. The molecule has 8 nitrogen and oxygen atoms in total. The number of thiocarbonyl (C=S) groups is 1. The molecule has 2 fully saturated rings. The first-order chi connectivity index (χ1) is 20.7. The molecule has 1 amide bonds. The summed E-state index contributed by atoms with van der Waals surface area (Å²) in [6, 6.07) is 5.46. The molecule has 2 aromatic carbocycles. The monoisotopic (exact) mass is 663 g/mol. The molecule has 4 rings (SSSR count). The van der Waals surface area contributed by atoms with E-state index < -0.39 is 35.4 Å². The fourth-order valence-corrected chi connectivity index (χ4v) is 5.59. The Balaban J connectivity index is 1.67. The van der Waals surface area contributed by atoms with Crippen molar-refractivity contribution in [3.05, 3.63) is 58.0 Å². The van der Waals surface area contributed by atoms with E-state index in [1.165, 1.54) is 24.3 Å². The Kier molecular flexibility index (Phi) is 10.9. The SMILES string of the molecule is O=C(O)CCCNN1C(=O)C(=Cc2cc(-c3cc(C(F)(F)F)cc(C(F)(F)F)c3)ccc2OCCN2CCOCC2)SC1=S. The number of ether oxygens (including phenoxy) is 2. The minimum absolute atomic E-state index is 0.0376. The molecule has 0 aliphatic carbocycles. The molecule has 0 bridgehead atoms. The molecule has 0 spiro atoms. The molecule has 16 heteroatoms. The normalized spacial score (nSPS) is 17.5. The van der Waals surface area contributed by atoms with Crippen LogP contribution in [0, 0.1) is 0 Å². The summed E-state index contributed by atoms with van der Waals surface area (Å²) < 4.78 is 92.6. The maximum Gasteiger partial charge on any atom is 0.416 e. The van der Waals surface area contributed by atoms with Gasteiger partial charge in [-0.25, -0.2) is 10.4 Å². The summed E-state index contributed by atoms with van der Waals surface area (Å²) in [4.78, 5) is 26.1. The average molecular weight is 664 g/mol. The number of aliphatic carboxylic acids is 1. The largest absolute Gasteiger partial charge is 0.492 e. The third kappa shape index (κ3) is 8.94. The van der Waals surface area contributed by atoms with Gasteiger partial charge in [-0.1, -0.05) is 30.0 Å². The molecule has 44 heavy (non-hydrogen) atoms. The fourth-order valence-electron chi connectivity index (χ4n) is 4.38. The zero-order valence-electron chi connectivity index (χ0n) is 23.0. The minimum atomic E-state index is -5.02. The zero-order valence-corrected chi connectivity index (χ0v) is 24.6.